The van der Waals surface area contributed by atoms with E-state index in [1.54, 1.807) is 0 Å². The van der Waals surface area contributed by atoms with Crippen LogP contribution in [0.5, 0.6) is 0 Å². The van der Waals surface area contributed by atoms with Crippen LogP contribution in [0.25, 0.3) is 0 Å². The maximum Gasteiger partial charge on any atom is 0.314 e. The lowest BCUT2D eigenvalue weighted by Crippen LogP contribution is -2.75. The first-order chi connectivity index (χ1) is 8.19. The van der Waals surface area contributed by atoms with Crippen LogP contribution in [0, 0.1) is 11.8 Å². The molecule has 18 heavy (non-hydrogen) atoms. The Morgan fingerprint density at radius 2 is 1.83 bits per heavy atom. The zero-order valence-corrected chi connectivity index (χ0v) is 11.8. The van der Waals surface area contributed by atoms with Crippen LogP contribution in [-0.4, -0.2) is 29.1 Å². The van der Waals surface area contributed by atoms with Crippen LogP contribution >= 0.6 is 0 Å². The number of esters is 1. The molecule has 0 spiro atoms. The van der Waals surface area contributed by atoms with E-state index < -0.39 is 11.4 Å². The standard InChI is InChI=1S/C14H22O4/c1-8-6-12(3)10-9(2)11(15)17-14(5,16-10)13(4,7-8)18-12/h8-10H,6-7H2,1-5H3/t8-,9+,10-,12-,13+,14+/m0/s1. The Hall–Kier alpha value is -0.610. The molecule has 4 heteroatoms. The van der Waals surface area contributed by atoms with Crippen LogP contribution in [0.3, 0.4) is 0 Å². The minimum absolute atomic E-state index is 0.163. The highest BCUT2D eigenvalue weighted by Gasteiger charge is 2.68. The van der Waals surface area contributed by atoms with Crippen molar-refractivity contribution >= 4 is 5.97 Å². The van der Waals surface area contributed by atoms with Crippen molar-refractivity contribution in [3.8, 4) is 0 Å². The van der Waals surface area contributed by atoms with E-state index in [4.69, 9.17) is 14.2 Å². The molecule has 0 aromatic heterocycles. The number of fused-ring (bicyclic) bond motifs is 6. The molecule has 4 bridgehead atoms. The number of carbonyl (C=O) groups is 1. The summed E-state index contributed by atoms with van der Waals surface area (Å²) in [5.74, 6) is -0.833. The summed E-state index contributed by atoms with van der Waals surface area (Å²) in [7, 11) is 0. The summed E-state index contributed by atoms with van der Waals surface area (Å²) in [5.41, 5.74) is -0.934. The Balaban J connectivity index is 2.09. The molecule has 0 radical (unpaired) electrons. The lowest BCUT2D eigenvalue weighted by molar-refractivity contribution is -0.441. The highest BCUT2D eigenvalue weighted by molar-refractivity contribution is 5.74. The van der Waals surface area contributed by atoms with E-state index in [9.17, 15) is 4.79 Å². The Kier molecular flexibility index (Phi) is 2.27. The maximum absolute atomic E-state index is 12.1. The second kappa shape index (κ2) is 3.28. The molecule has 0 aliphatic carbocycles. The van der Waals surface area contributed by atoms with Gasteiger partial charge in [-0.25, -0.2) is 0 Å². The number of hydrogen-bond acceptors (Lipinski definition) is 4. The van der Waals surface area contributed by atoms with Crippen molar-refractivity contribution in [3.63, 3.8) is 0 Å². The Bertz CT molecular complexity index is 409. The van der Waals surface area contributed by atoms with Gasteiger partial charge in [-0.2, -0.15) is 0 Å². The van der Waals surface area contributed by atoms with Gasteiger partial charge in [0.2, 0.25) is 5.79 Å². The van der Waals surface area contributed by atoms with Gasteiger partial charge in [-0.1, -0.05) is 6.92 Å². The van der Waals surface area contributed by atoms with Crippen molar-refractivity contribution in [1.29, 1.82) is 0 Å². The van der Waals surface area contributed by atoms with Crippen molar-refractivity contribution in [3.05, 3.63) is 0 Å². The molecule has 3 aliphatic heterocycles. The Labute approximate surface area is 108 Å². The van der Waals surface area contributed by atoms with Crippen LogP contribution in [-0.2, 0) is 19.0 Å². The van der Waals surface area contributed by atoms with Crippen LogP contribution in [0.2, 0.25) is 0 Å². The van der Waals surface area contributed by atoms with Gasteiger partial charge in [-0.3, -0.25) is 4.79 Å². The van der Waals surface area contributed by atoms with Gasteiger partial charge in [0, 0.05) is 6.92 Å². The van der Waals surface area contributed by atoms with Crippen molar-refractivity contribution in [1.82, 2.24) is 0 Å². The monoisotopic (exact) mass is 254 g/mol. The third-order valence-electron chi connectivity index (χ3n) is 4.99. The molecule has 4 nitrogen and oxygen atoms in total. The molecule has 0 N–H and O–H groups in total. The molecule has 0 amide bonds. The predicted molar refractivity (Wildman–Crippen MR) is 64.8 cm³/mol. The molecule has 3 heterocycles. The maximum atomic E-state index is 12.1. The molecule has 3 saturated heterocycles. The zero-order valence-electron chi connectivity index (χ0n) is 11.8. The van der Waals surface area contributed by atoms with E-state index in [1.807, 2.05) is 20.8 Å². The van der Waals surface area contributed by atoms with E-state index in [0.717, 1.165) is 12.8 Å². The average molecular weight is 254 g/mol. The van der Waals surface area contributed by atoms with Crippen LogP contribution in [0.1, 0.15) is 47.5 Å². The van der Waals surface area contributed by atoms with Gasteiger partial charge < -0.3 is 14.2 Å². The van der Waals surface area contributed by atoms with Crippen molar-refractivity contribution < 1.29 is 19.0 Å². The smallest absolute Gasteiger partial charge is 0.314 e. The van der Waals surface area contributed by atoms with Crippen molar-refractivity contribution in [2.75, 3.05) is 0 Å². The summed E-state index contributed by atoms with van der Waals surface area (Å²) < 4.78 is 18.1. The Morgan fingerprint density at radius 3 is 2.50 bits per heavy atom. The topological polar surface area (TPSA) is 44.8 Å². The molecule has 3 fully saturated rings. The number of hydrogen-bond donors (Lipinski definition) is 0. The second-order valence-electron chi connectivity index (χ2n) is 6.85. The first kappa shape index (κ1) is 12.4. The molecular weight excluding hydrogens is 232 g/mol. The molecule has 3 rings (SSSR count). The molecule has 0 saturated carbocycles. The van der Waals surface area contributed by atoms with Crippen LogP contribution < -0.4 is 0 Å². The van der Waals surface area contributed by atoms with E-state index >= 15 is 0 Å². The third-order valence-corrected chi connectivity index (χ3v) is 4.99. The number of carbonyl (C=O) groups excluding carboxylic acids is 1. The fraction of sp³-hybridized carbons (Fsp3) is 0.929. The van der Waals surface area contributed by atoms with Crippen molar-refractivity contribution in [2.24, 2.45) is 11.8 Å². The summed E-state index contributed by atoms with van der Waals surface area (Å²) in [6, 6.07) is 0. The SMILES string of the molecule is C[C@@H]1C[C@@]2(C)O[C@@](C)(C1)[C@H]1O[C@]2(C)OC(=O)[C@@H]1C. The summed E-state index contributed by atoms with van der Waals surface area (Å²) >= 11 is 0. The largest absolute Gasteiger partial charge is 0.430 e. The minimum atomic E-state index is -0.949. The van der Waals surface area contributed by atoms with Gasteiger partial charge in [-0.15, -0.1) is 0 Å². The molecule has 0 unspecified atom stereocenters. The summed E-state index contributed by atoms with van der Waals surface area (Å²) in [6.45, 7) is 10.0. The van der Waals surface area contributed by atoms with Gasteiger partial charge >= 0.3 is 5.97 Å². The van der Waals surface area contributed by atoms with E-state index in [0.29, 0.717) is 5.92 Å². The van der Waals surface area contributed by atoms with Gasteiger partial charge in [-0.05, 0) is 39.5 Å². The fourth-order valence-electron chi connectivity index (χ4n) is 4.14. The van der Waals surface area contributed by atoms with Crippen LogP contribution in [0.4, 0.5) is 0 Å². The fourth-order valence-corrected chi connectivity index (χ4v) is 4.14. The van der Waals surface area contributed by atoms with E-state index in [1.165, 1.54) is 0 Å². The van der Waals surface area contributed by atoms with E-state index in [-0.39, 0.29) is 23.6 Å². The molecule has 102 valence electrons. The number of ether oxygens (including phenoxy) is 3. The lowest BCUT2D eigenvalue weighted by Gasteiger charge is -2.64. The lowest BCUT2D eigenvalue weighted by atomic mass is 9.69. The first-order valence-corrected chi connectivity index (χ1v) is 6.80. The molecule has 3 aliphatic rings. The molecular formula is C14H22O4. The average Bonchev–Trinajstić information content (AvgIpc) is 2.20. The first-order valence-electron chi connectivity index (χ1n) is 6.80. The van der Waals surface area contributed by atoms with Gasteiger partial charge in [0.15, 0.2) is 0 Å². The quantitative estimate of drug-likeness (QED) is 0.622. The minimum Gasteiger partial charge on any atom is -0.430 e. The summed E-state index contributed by atoms with van der Waals surface area (Å²) in [6.07, 6.45) is 1.58. The van der Waals surface area contributed by atoms with Crippen molar-refractivity contribution in [2.45, 2.75) is 70.6 Å². The predicted octanol–water partition coefficient (Wildman–Crippen LogP) is 2.26. The van der Waals surface area contributed by atoms with E-state index in [2.05, 4.69) is 13.8 Å². The normalized spacial score (nSPS) is 59.2. The van der Waals surface area contributed by atoms with Crippen LogP contribution in [0.15, 0.2) is 0 Å². The van der Waals surface area contributed by atoms with Gasteiger partial charge in [0.25, 0.3) is 0 Å². The molecule has 0 aromatic rings. The molecule has 0 aromatic carbocycles. The summed E-state index contributed by atoms with van der Waals surface area (Å²) in [5, 5.41) is 0. The highest BCUT2D eigenvalue weighted by Crippen LogP contribution is 2.56. The Morgan fingerprint density at radius 1 is 1.17 bits per heavy atom. The van der Waals surface area contributed by atoms with Gasteiger partial charge in [0.1, 0.15) is 11.7 Å². The molecule has 6 atom stereocenters. The third kappa shape index (κ3) is 1.36. The number of rotatable bonds is 0. The second-order valence-corrected chi connectivity index (χ2v) is 6.85. The highest BCUT2D eigenvalue weighted by atomic mass is 16.8. The van der Waals surface area contributed by atoms with Gasteiger partial charge in [0.05, 0.1) is 11.5 Å². The zero-order chi connectivity index (χ0) is 13.3. The summed E-state index contributed by atoms with van der Waals surface area (Å²) in [4.78, 5) is 12.1.